The van der Waals surface area contributed by atoms with Crippen molar-refractivity contribution in [1.29, 1.82) is 0 Å². The molecule has 2 amide bonds. The van der Waals surface area contributed by atoms with Gasteiger partial charge in [0.1, 0.15) is 5.75 Å². The summed E-state index contributed by atoms with van der Waals surface area (Å²) in [5.41, 5.74) is 6.64. The fourth-order valence-electron chi connectivity index (χ4n) is 2.10. The van der Waals surface area contributed by atoms with Crippen LogP contribution in [-0.4, -0.2) is 18.4 Å². The summed E-state index contributed by atoms with van der Waals surface area (Å²) in [5, 5.41) is 4.94. The summed E-state index contributed by atoms with van der Waals surface area (Å²) in [4.78, 5) is 24.2. The third kappa shape index (κ3) is 5.10. The Morgan fingerprint density at radius 1 is 1.35 bits per heavy atom. The van der Waals surface area contributed by atoms with Crippen molar-refractivity contribution in [3.63, 3.8) is 0 Å². The van der Waals surface area contributed by atoms with Crippen molar-refractivity contribution in [2.24, 2.45) is 11.7 Å². The maximum absolute atomic E-state index is 12.3. The number of carbonyl (C=O) groups is 2. The van der Waals surface area contributed by atoms with E-state index in [2.05, 4.69) is 5.32 Å². The van der Waals surface area contributed by atoms with E-state index in [0.717, 1.165) is 17.7 Å². The minimum Gasteiger partial charge on any atom is -0.484 e. The van der Waals surface area contributed by atoms with Gasteiger partial charge in [0.05, 0.1) is 0 Å². The lowest BCUT2D eigenvalue weighted by Crippen LogP contribution is -2.22. The summed E-state index contributed by atoms with van der Waals surface area (Å²) >= 11 is 1.65. The molecule has 23 heavy (non-hydrogen) atoms. The van der Waals surface area contributed by atoms with Crippen LogP contribution in [0.3, 0.4) is 0 Å². The Morgan fingerprint density at radius 3 is 2.74 bits per heavy atom. The van der Waals surface area contributed by atoms with Crippen LogP contribution < -0.4 is 15.8 Å². The molecule has 0 spiro atoms. The Hall–Kier alpha value is -2.34. The van der Waals surface area contributed by atoms with Crippen molar-refractivity contribution < 1.29 is 14.3 Å². The fraction of sp³-hybridized carbons (Fsp3) is 0.294. The molecule has 1 aromatic carbocycles. The molecule has 0 fully saturated rings. The number of anilines is 1. The lowest BCUT2D eigenvalue weighted by molar-refractivity contribution is -0.120. The molecular weight excluding hydrogens is 312 g/mol. The standard InChI is InChI=1S/C17H20N2O3S/c1-11-8-13(22-10-16(18)20)5-6-15(11)19-17(21)12(2)9-14-4-3-7-23-14/h3-8,12H,9-10H2,1-2H3,(H2,18,20)(H,19,21)/t12-/m0/s1. The lowest BCUT2D eigenvalue weighted by atomic mass is 10.1. The van der Waals surface area contributed by atoms with Gasteiger partial charge in [0.2, 0.25) is 5.91 Å². The van der Waals surface area contributed by atoms with Gasteiger partial charge in [0, 0.05) is 16.5 Å². The SMILES string of the molecule is Cc1cc(OCC(N)=O)ccc1NC(=O)[C@@H](C)Cc1cccs1. The molecule has 0 saturated heterocycles. The van der Waals surface area contributed by atoms with Crippen molar-refractivity contribution in [3.05, 3.63) is 46.2 Å². The minimum atomic E-state index is -0.526. The van der Waals surface area contributed by atoms with E-state index in [9.17, 15) is 9.59 Å². The largest absolute Gasteiger partial charge is 0.484 e. The van der Waals surface area contributed by atoms with Crippen LogP contribution in [0.2, 0.25) is 0 Å². The maximum Gasteiger partial charge on any atom is 0.255 e. The summed E-state index contributed by atoms with van der Waals surface area (Å²) in [5.74, 6) is -0.112. The first-order chi connectivity index (χ1) is 11.0. The van der Waals surface area contributed by atoms with Gasteiger partial charge in [-0.25, -0.2) is 0 Å². The molecule has 2 aromatic rings. The van der Waals surface area contributed by atoms with Crippen molar-refractivity contribution in [2.75, 3.05) is 11.9 Å². The molecule has 0 aliphatic carbocycles. The monoisotopic (exact) mass is 332 g/mol. The molecule has 5 nitrogen and oxygen atoms in total. The van der Waals surface area contributed by atoms with Crippen molar-refractivity contribution in [1.82, 2.24) is 0 Å². The first-order valence-corrected chi connectivity index (χ1v) is 8.18. The topological polar surface area (TPSA) is 81.4 Å². The summed E-state index contributed by atoms with van der Waals surface area (Å²) in [7, 11) is 0. The summed E-state index contributed by atoms with van der Waals surface area (Å²) in [6.07, 6.45) is 0.725. The van der Waals surface area contributed by atoms with Gasteiger partial charge < -0.3 is 15.8 Å². The van der Waals surface area contributed by atoms with Crippen LogP contribution in [0.25, 0.3) is 0 Å². The zero-order chi connectivity index (χ0) is 16.8. The third-order valence-corrected chi connectivity index (χ3v) is 4.27. The molecule has 0 aliphatic rings. The quantitative estimate of drug-likeness (QED) is 0.818. The number of carbonyl (C=O) groups excluding carboxylic acids is 2. The highest BCUT2D eigenvalue weighted by Gasteiger charge is 2.15. The number of nitrogens with one attached hydrogen (secondary N) is 1. The Balaban J connectivity index is 1.96. The Labute approximate surface area is 139 Å². The van der Waals surface area contributed by atoms with E-state index in [1.807, 2.05) is 31.4 Å². The number of ether oxygens (including phenoxy) is 1. The van der Waals surface area contributed by atoms with Gasteiger partial charge in [-0.05, 0) is 48.6 Å². The highest BCUT2D eigenvalue weighted by molar-refractivity contribution is 7.09. The van der Waals surface area contributed by atoms with Crippen LogP contribution in [0, 0.1) is 12.8 Å². The minimum absolute atomic E-state index is 0.0210. The van der Waals surface area contributed by atoms with E-state index < -0.39 is 5.91 Å². The molecule has 0 saturated carbocycles. The van der Waals surface area contributed by atoms with Crippen LogP contribution >= 0.6 is 11.3 Å². The molecule has 1 aromatic heterocycles. The lowest BCUT2D eigenvalue weighted by Gasteiger charge is -2.14. The van der Waals surface area contributed by atoms with Gasteiger partial charge in [-0.1, -0.05) is 13.0 Å². The second kappa shape index (κ2) is 7.78. The summed E-state index contributed by atoms with van der Waals surface area (Å²) < 4.78 is 5.24. The molecule has 0 radical (unpaired) electrons. The van der Waals surface area contributed by atoms with Gasteiger partial charge >= 0.3 is 0 Å². The number of aryl methyl sites for hydroxylation is 1. The van der Waals surface area contributed by atoms with Crippen LogP contribution in [0.4, 0.5) is 5.69 Å². The predicted octanol–water partition coefficient (Wildman–Crippen LogP) is 2.74. The van der Waals surface area contributed by atoms with E-state index >= 15 is 0 Å². The molecule has 122 valence electrons. The normalized spacial score (nSPS) is 11.7. The average molecular weight is 332 g/mol. The van der Waals surface area contributed by atoms with Crippen LogP contribution in [0.15, 0.2) is 35.7 Å². The number of hydrogen-bond donors (Lipinski definition) is 2. The summed E-state index contributed by atoms with van der Waals surface area (Å²) in [6.45, 7) is 3.62. The molecule has 3 N–H and O–H groups in total. The Morgan fingerprint density at radius 2 is 2.13 bits per heavy atom. The highest BCUT2D eigenvalue weighted by Crippen LogP contribution is 2.23. The fourth-order valence-corrected chi connectivity index (χ4v) is 2.94. The van der Waals surface area contributed by atoms with Crippen molar-refractivity contribution >= 4 is 28.8 Å². The van der Waals surface area contributed by atoms with Gasteiger partial charge in [0.25, 0.3) is 5.91 Å². The zero-order valence-corrected chi connectivity index (χ0v) is 14.0. The second-order valence-corrected chi connectivity index (χ2v) is 6.44. The van der Waals surface area contributed by atoms with E-state index in [1.165, 1.54) is 4.88 Å². The van der Waals surface area contributed by atoms with E-state index in [4.69, 9.17) is 10.5 Å². The van der Waals surface area contributed by atoms with Crippen LogP contribution in [0.5, 0.6) is 5.75 Å². The number of primary amides is 1. The Bertz CT molecular complexity index is 683. The number of amides is 2. The van der Waals surface area contributed by atoms with Gasteiger partial charge in [-0.3, -0.25) is 9.59 Å². The van der Waals surface area contributed by atoms with Crippen molar-refractivity contribution in [2.45, 2.75) is 20.3 Å². The molecule has 2 rings (SSSR count). The first kappa shape index (κ1) is 17.0. The van der Waals surface area contributed by atoms with Gasteiger partial charge in [-0.2, -0.15) is 0 Å². The van der Waals surface area contributed by atoms with Gasteiger partial charge in [0.15, 0.2) is 6.61 Å². The number of thiophene rings is 1. The number of hydrogen-bond acceptors (Lipinski definition) is 4. The van der Waals surface area contributed by atoms with Crippen LogP contribution in [-0.2, 0) is 16.0 Å². The van der Waals surface area contributed by atoms with E-state index in [1.54, 1.807) is 29.5 Å². The predicted molar refractivity (Wildman–Crippen MR) is 91.7 cm³/mol. The maximum atomic E-state index is 12.3. The third-order valence-electron chi connectivity index (χ3n) is 3.37. The molecular formula is C17H20N2O3S. The molecule has 1 heterocycles. The average Bonchev–Trinajstić information content (AvgIpc) is 3.00. The van der Waals surface area contributed by atoms with Gasteiger partial charge in [-0.15, -0.1) is 11.3 Å². The zero-order valence-electron chi connectivity index (χ0n) is 13.2. The first-order valence-electron chi connectivity index (χ1n) is 7.30. The molecule has 1 atom stereocenters. The molecule has 0 bridgehead atoms. The number of benzene rings is 1. The molecule has 0 aliphatic heterocycles. The smallest absolute Gasteiger partial charge is 0.255 e. The summed E-state index contributed by atoms with van der Waals surface area (Å²) in [6, 6.07) is 9.25. The van der Waals surface area contributed by atoms with Crippen molar-refractivity contribution in [3.8, 4) is 5.75 Å². The highest BCUT2D eigenvalue weighted by atomic mass is 32.1. The number of rotatable bonds is 7. The van der Waals surface area contributed by atoms with E-state index in [-0.39, 0.29) is 18.4 Å². The van der Waals surface area contributed by atoms with Crippen LogP contribution in [0.1, 0.15) is 17.4 Å². The van der Waals surface area contributed by atoms with E-state index in [0.29, 0.717) is 5.75 Å². The molecule has 0 unspecified atom stereocenters. The number of nitrogens with two attached hydrogens (primary N) is 1. The molecule has 6 heteroatoms. The Kier molecular flexibility index (Phi) is 5.76. The second-order valence-electron chi connectivity index (χ2n) is 5.41.